The number of carbonyl (C=O) groups excluding carboxylic acids is 1. The van der Waals surface area contributed by atoms with Gasteiger partial charge in [-0.25, -0.2) is 8.42 Å². The topological polar surface area (TPSA) is 75.7 Å². The number of hydrogen-bond acceptors (Lipinski definition) is 5. The molecule has 8 heteroatoms. The predicted molar refractivity (Wildman–Crippen MR) is 111 cm³/mol. The molecule has 0 unspecified atom stereocenters. The Bertz CT molecular complexity index is 1000. The lowest BCUT2D eigenvalue weighted by molar-refractivity contribution is -0.119. The SMILES string of the molecule is COc1ccc(NS(=O)(=O)c2ccc3c(c2)N(C(=O)C2CC2)C[C@H](C)S3)cc1. The lowest BCUT2D eigenvalue weighted by Gasteiger charge is -2.33. The smallest absolute Gasteiger partial charge is 0.261 e. The van der Waals surface area contributed by atoms with Crippen molar-refractivity contribution in [2.45, 2.75) is 34.8 Å². The van der Waals surface area contributed by atoms with Crippen LogP contribution in [0.15, 0.2) is 52.3 Å². The summed E-state index contributed by atoms with van der Waals surface area (Å²) < 4.78 is 33.4. The summed E-state index contributed by atoms with van der Waals surface area (Å²) in [5.74, 6) is 0.837. The van der Waals surface area contributed by atoms with Crippen LogP contribution in [0, 0.1) is 5.92 Å². The molecule has 0 radical (unpaired) electrons. The molecule has 28 heavy (non-hydrogen) atoms. The van der Waals surface area contributed by atoms with Crippen LogP contribution < -0.4 is 14.4 Å². The summed E-state index contributed by atoms with van der Waals surface area (Å²) in [7, 11) is -2.22. The molecule has 1 fully saturated rings. The van der Waals surface area contributed by atoms with Gasteiger partial charge < -0.3 is 9.64 Å². The van der Waals surface area contributed by atoms with E-state index in [0.29, 0.717) is 23.7 Å². The summed E-state index contributed by atoms with van der Waals surface area (Å²) in [6, 6.07) is 11.7. The molecule has 1 aliphatic heterocycles. The first-order valence-electron chi connectivity index (χ1n) is 9.16. The summed E-state index contributed by atoms with van der Waals surface area (Å²) in [4.78, 5) is 15.6. The molecule has 1 N–H and O–H groups in total. The molecule has 1 atom stereocenters. The minimum absolute atomic E-state index is 0.0841. The van der Waals surface area contributed by atoms with Gasteiger partial charge in [-0.15, -0.1) is 11.8 Å². The van der Waals surface area contributed by atoms with Crippen LogP contribution in [0.1, 0.15) is 19.8 Å². The van der Waals surface area contributed by atoms with E-state index in [2.05, 4.69) is 11.6 Å². The molecule has 0 bridgehead atoms. The molecule has 6 nitrogen and oxygen atoms in total. The van der Waals surface area contributed by atoms with Crippen molar-refractivity contribution in [2.75, 3.05) is 23.3 Å². The second-order valence-corrected chi connectivity index (χ2v) is 10.3. The van der Waals surface area contributed by atoms with Crippen molar-refractivity contribution in [3.8, 4) is 5.75 Å². The van der Waals surface area contributed by atoms with E-state index >= 15 is 0 Å². The zero-order chi connectivity index (χ0) is 19.9. The average Bonchev–Trinajstić information content (AvgIpc) is 3.52. The lowest BCUT2D eigenvalue weighted by atomic mass is 10.2. The fourth-order valence-corrected chi connectivity index (χ4v) is 5.39. The van der Waals surface area contributed by atoms with Crippen LogP contribution >= 0.6 is 11.8 Å². The molecule has 4 rings (SSSR count). The highest BCUT2D eigenvalue weighted by Crippen LogP contribution is 2.42. The Kier molecular flexibility index (Phi) is 5.01. The van der Waals surface area contributed by atoms with Gasteiger partial charge in [-0.1, -0.05) is 6.92 Å². The number of fused-ring (bicyclic) bond motifs is 1. The standard InChI is InChI=1S/C20H22N2O4S2/c1-13-12-22(20(23)14-3-4-14)18-11-17(9-10-19(18)27-13)28(24,25)21-15-5-7-16(26-2)8-6-15/h5-11,13-14,21H,3-4,12H2,1-2H3/t13-/m0/s1. The zero-order valence-corrected chi connectivity index (χ0v) is 17.3. The first-order valence-corrected chi connectivity index (χ1v) is 11.5. The number of benzene rings is 2. The van der Waals surface area contributed by atoms with E-state index in [0.717, 1.165) is 17.7 Å². The third-order valence-electron chi connectivity index (χ3n) is 4.83. The van der Waals surface area contributed by atoms with E-state index in [1.54, 1.807) is 66.2 Å². The molecule has 0 saturated heterocycles. The first kappa shape index (κ1) is 19.1. The van der Waals surface area contributed by atoms with Gasteiger partial charge in [0.25, 0.3) is 10.0 Å². The number of amides is 1. The summed E-state index contributed by atoms with van der Waals surface area (Å²) in [6.07, 6.45) is 1.84. The fraction of sp³-hybridized carbons (Fsp3) is 0.350. The van der Waals surface area contributed by atoms with Gasteiger partial charge in [0, 0.05) is 28.3 Å². The Morgan fingerprint density at radius 2 is 1.89 bits per heavy atom. The minimum Gasteiger partial charge on any atom is -0.497 e. The number of rotatable bonds is 5. The van der Waals surface area contributed by atoms with Crippen LogP contribution in [0.5, 0.6) is 5.75 Å². The van der Waals surface area contributed by atoms with Gasteiger partial charge >= 0.3 is 0 Å². The number of nitrogens with zero attached hydrogens (tertiary/aromatic N) is 1. The molecule has 148 valence electrons. The van der Waals surface area contributed by atoms with Crippen LogP contribution in [0.25, 0.3) is 0 Å². The van der Waals surface area contributed by atoms with E-state index in [1.165, 1.54) is 0 Å². The summed E-state index contributed by atoms with van der Waals surface area (Å²) in [5, 5.41) is 0.273. The lowest BCUT2D eigenvalue weighted by Crippen LogP contribution is -2.39. The molecule has 1 amide bonds. The number of thioether (sulfide) groups is 1. The number of nitrogens with one attached hydrogen (secondary N) is 1. The Morgan fingerprint density at radius 3 is 2.54 bits per heavy atom. The highest BCUT2D eigenvalue weighted by atomic mass is 32.2. The highest BCUT2D eigenvalue weighted by Gasteiger charge is 2.37. The number of ether oxygens (including phenoxy) is 1. The van der Waals surface area contributed by atoms with E-state index < -0.39 is 10.0 Å². The molecule has 1 aliphatic carbocycles. The van der Waals surface area contributed by atoms with Crippen LogP contribution in [-0.2, 0) is 14.8 Å². The van der Waals surface area contributed by atoms with Crippen LogP contribution in [0.4, 0.5) is 11.4 Å². The average molecular weight is 419 g/mol. The van der Waals surface area contributed by atoms with Gasteiger partial charge in [0.15, 0.2) is 0 Å². The van der Waals surface area contributed by atoms with Crippen molar-refractivity contribution >= 4 is 39.1 Å². The van der Waals surface area contributed by atoms with Crippen LogP contribution in [-0.4, -0.2) is 33.2 Å². The third-order valence-corrected chi connectivity index (χ3v) is 7.36. The second-order valence-electron chi connectivity index (χ2n) is 7.12. The van der Waals surface area contributed by atoms with E-state index in [-0.39, 0.29) is 22.0 Å². The molecule has 2 aliphatic rings. The molecule has 1 saturated carbocycles. The molecule has 1 heterocycles. The zero-order valence-electron chi connectivity index (χ0n) is 15.7. The molecule has 0 spiro atoms. The quantitative estimate of drug-likeness (QED) is 0.801. The highest BCUT2D eigenvalue weighted by molar-refractivity contribution is 8.00. The van der Waals surface area contributed by atoms with Gasteiger partial charge in [-0.3, -0.25) is 9.52 Å². The number of hydrogen-bond donors (Lipinski definition) is 1. The predicted octanol–water partition coefficient (Wildman–Crippen LogP) is 3.73. The number of anilines is 2. The van der Waals surface area contributed by atoms with E-state index in [9.17, 15) is 13.2 Å². The van der Waals surface area contributed by atoms with Gasteiger partial charge in [0.05, 0.1) is 17.7 Å². The maximum Gasteiger partial charge on any atom is 0.261 e. The monoisotopic (exact) mass is 418 g/mol. The Hall–Kier alpha value is -2.19. The van der Waals surface area contributed by atoms with Gasteiger partial charge in [-0.05, 0) is 55.3 Å². The number of sulfonamides is 1. The fourth-order valence-electron chi connectivity index (χ4n) is 3.22. The minimum atomic E-state index is -3.77. The Morgan fingerprint density at radius 1 is 1.18 bits per heavy atom. The van der Waals surface area contributed by atoms with Crippen molar-refractivity contribution in [3.63, 3.8) is 0 Å². The van der Waals surface area contributed by atoms with Crippen molar-refractivity contribution in [2.24, 2.45) is 5.92 Å². The summed E-state index contributed by atoms with van der Waals surface area (Å²) in [6.45, 7) is 2.68. The van der Waals surface area contributed by atoms with Crippen LogP contribution in [0.2, 0.25) is 0 Å². The molecule has 2 aromatic rings. The largest absolute Gasteiger partial charge is 0.497 e. The maximum absolute atomic E-state index is 12.9. The normalized spacial score (nSPS) is 19.1. The van der Waals surface area contributed by atoms with Crippen LogP contribution in [0.3, 0.4) is 0 Å². The Balaban J connectivity index is 1.64. The molecule has 0 aromatic heterocycles. The van der Waals surface area contributed by atoms with Crippen molar-refractivity contribution < 1.29 is 17.9 Å². The van der Waals surface area contributed by atoms with E-state index in [4.69, 9.17) is 4.74 Å². The van der Waals surface area contributed by atoms with Crippen molar-refractivity contribution in [3.05, 3.63) is 42.5 Å². The van der Waals surface area contributed by atoms with Crippen molar-refractivity contribution in [1.29, 1.82) is 0 Å². The van der Waals surface area contributed by atoms with Crippen molar-refractivity contribution in [1.82, 2.24) is 0 Å². The number of methoxy groups -OCH3 is 1. The van der Waals surface area contributed by atoms with Gasteiger partial charge in [0.2, 0.25) is 5.91 Å². The van der Waals surface area contributed by atoms with Gasteiger partial charge in [-0.2, -0.15) is 0 Å². The van der Waals surface area contributed by atoms with Gasteiger partial charge in [0.1, 0.15) is 5.75 Å². The second kappa shape index (κ2) is 7.33. The first-order chi connectivity index (χ1) is 13.4. The van der Waals surface area contributed by atoms with E-state index in [1.807, 2.05) is 0 Å². The molecule has 2 aromatic carbocycles. The third kappa shape index (κ3) is 3.84. The number of carbonyl (C=O) groups is 1. The summed E-state index contributed by atoms with van der Waals surface area (Å²) in [5.41, 5.74) is 1.14. The Labute approximate surface area is 169 Å². The summed E-state index contributed by atoms with van der Waals surface area (Å²) >= 11 is 1.67. The maximum atomic E-state index is 12.9. The molecular weight excluding hydrogens is 396 g/mol. The molecular formula is C20H22N2O4S2.